The van der Waals surface area contributed by atoms with Gasteiger partial charge in [0.2, 0.25) is 5.91 Å². The number of rotatable bonds is 4. The zero-order chi connectivity index (χ0) is 15.5. The van der Waals surface area contributed by atoms with E-state index in [1.807, 2.05) is 18.2 Å². The molecule has 0 aliphatic heterocycles. The summed E-state index contributed by atoms with van der Waals surface area (Å²) in [6, 6.07) is 12.1. The van der Waals surface area contributed by atoms with Crippen LogP contribution in [-0.2, 0) is 11.2 Å². The molecule has 0 aliphatic rings. The van der Waals surface area contributed by atoms with Crippen LogP contribution < -0.4 is 5.32 Å². The van der Waals surface area contributed by atoms with Crippen LogP contribution in [0.2, 0.25) is 0 Å². The minimum Gasteiger partial charge on any atom is -0.356 e. The van der Waals surface area contributed by atoms with Gasteiger partial charge in [-0.15, -0.1) is 0 Å². The lowest BCUT2D eigenvalue weighted by molar-refractivity contribution is -0.118. The van der Waals surface area contributed by atoms with Crippen LogP contribution in [0.5, 0.6) is 0 Å². The molecule has 1 heterocycles. The van der Waals surface area contributed by atoms with E-state index in [0.29, 0.717) is 29.8 Å². The van der Waals surface area contributed by atoms with Crippen molar-refractivity contribution in [1.82, 2.24) is 10.5 Å². The van der Waals surface area contributed by atoms with Gasteiger partial charge in [-0.05, 0) is 24.6 Å². The molecule has 1 N–H and O–H groups in total. The number of benzene rings is 2. The average Bonchev–Trinajstić information content (AvgIpc) is 2.92. The van der Waals surface area contributed by atoms with E-state index in [0.717, 1.165) is 10.9 Å². The van der Waals surface area contributed by atoms with Crippen LogP contribution in [0.3, 0.4) is 0 Å². The Labute approximate surface area is 126 Å². The maximum atomic E-state index is 13.9. The molecule has 1 aromatic heterocycles. The van der Waals surface area contributed by atoms with E-state index < -0.39 is 0 Å². The van der Waals surface area contributed by atoms with Crippen LogP contribution in [-0.4, -0.2) is 17.6 Å². The Morgan fingerprint density at radius 1 is 1.23 bits per heavy atom. The molecule has 0 unspecified atom stereocenters. The first-order valence-electron chi connectivity index (χ1n) is 7.03. The third-order valence-corrected chi connectivity index (χ3v) is 3.48. The van der Waals surface area contributed by atoms with Crippen molar-refractivity contribution in [1.29, 1.82) is 0 Å². The van der Waals surface area contributed by atoms with Crippen LogP contribution >= 0.6 is 0 Å². The van der Waals surface area contributed by atoms with Crippen molar-refractivity contribution < 1.29 is 13.7 Å². The third-order valence-electron chi connectivity index (χ3n) is 3.48. The van der Waals surface area contributed by atoms with Crippen LogP contribution in [0.25, 0.3) is 22.2 Å². The Kier molecular flexibility index (Phi) is 3.87. The van der Waals surface area contributed by atoms with E-state index in [-0.39, 0.29) is 11.7 Å². The topological polar surface area (TPSA) is 55.1 Å². The first kappa shape index (κ1) is 14.3. The lowest BCUT2D eigenvalue weighted by Crippen LogP contribution is -2.22. The number of fused-ring (bicyclic) bond motifs is 1. The van der Waals surface area contributed by atoms with Gasteiger partial charge in [0.25, 0.3) is 0 Å². The van der Waals surface area contributed by atoms with Crippen LogP contribution in [0.1, 0.15) is 12.5 Å². The highest BCUT2D eigenvalue weighted by Crippen LogP contribution is 2.31. The molecule has 0 radical (unpaired) electrons. The van der Waals surface area contributed by atoms with Gasteiger partial charge in [-0.25, -0.2) is 4.39 Å². The lowest BCUT2D eigenvalue weighted by Gasteiger charge is -2.03. The number of hydrogen-bond donors (Lipinski definition) is 1. The maximum absolute atomic E-state index is 13.9. The smallest absolute Gasteiger partial charge is 0.216 e. The summed E-state index contributed by atoms with van der Waals surface area (Å²) in [5, 5.41) is 7.54. The first-order valence-corrected chi connectivity index (χ1v) is 7.03. The fourth-order valence-electron chi connectivity index (χ4n) is 2.44. The SMILES string of the molecule is CC(=O)NCCc1cccc2c(-c3ccccc3F)noc12. The zero-order valence-electron chi connectivity index (χ0n) is 12.1. The van der Waals surface area contributed by atoms with Gasteiger partial charge in [-0.3, -0.25) is 4.79 Å². The second-order valence-electron chi connectivity index (χ2n) is 5.04. The zero-order valence-corrected chi connectivity index (χ0v) is 12.1. The van der Waals surface area contributed by atoms with E-state index in [2.05, 4.69) is 10.5 Å². The molecule has 0 aliphatic carbocycles. The molecule has 0 saturated carbocycles. The number of carbonyl (C=O) groups is 1. The van der Waals surface area contributed by atoms with E-state index in [1.165, 1.54) is 13.0 Å². The molecule has 3 rings (SSSR count). The molecule has 112 valence electrons. The highest BCUT2D eigenvalue weighted by molar-refractivity contribution is 5.93. The standard InChI is InChI=1S/C17H15FN2O2/c1-11(21)19-10-9-12-5-4-7-14-16(20-22-17(12)14)13-6-2-3-8-15(13)18/h2-8H,9-10H2,1H3,(H,19,21). The quantitative estimate of drug-likeness (QED) is 0.804. The van der Waals surface area contributed by atoms with Crippen molar-refractivity contribution in [2.75, 3.05) is 6.54 Å². The van der Waals surface area contributed by atoms with Crippen molar-refractivity contribution in [3.8, 4) is 11.3 Å². The average molecular weight is 298 g/mol. The summed E-state index contributed by atoms with van der Waals surface area (Å²) < 4.78 is 19.4. The third kappa shape index (κ3) is 2.70. The largest absolute Gasteiger partial charge is 0.356 e. The molecule has 0 atom stereocenters. The Hall–Kier alpha value is -2.69. The summed E-state index contributed by atoms with van der Waals surface area (Å²) in [7, 11) is 0. The Bertz CT molecular complexity index is 826. The molecule has 3 aromatic rings. The maximum Gasteiger partial charge on any atom is 0.216 e. The van der Waals surface area contributed by atoms with Crippen molar-refractivity contribution >= 4 is 16.9 Å². The Morgan fingerprint density at radius 3 is 2.82 bits per heavy atom. The minimum absolute atomic E-state index is 0.0724. The molecular weight excluding hydrogens is 283 g/mol. The summed E-state index contributed by atoms with van der Waals surface area (Å²) in [6.07, 6.45) is 0.628. The van der Waals surface area contributed by atoms with Gasteiger partial charge in [0.1, 0.15) is 11.5 Å². The number of nitrogens with zero attached hydrogens (tertiary/aromatic N) is 1. The first-order chi connectivity index (χ1) is 10.7. The molecule has 2 aromatic carbocycles. The van der Waals surface area contributed by atoms with Gasteiger partial charge >= 0.3 is 0 Å². The van der Waals surface area contributed by atoms with Gasteiger partial charge in [0, 0.05) is 24.6 Å². The van der Waals surface area contributed by atoms with E-state index in [1.54, 1.807) is 18.2 Å². The molecule has 0 spiro atoms. The highest BCUT2D eigenvalue weighted by atomic mass is 19.1. The van der Waals surface area contributed by atoms with Gasteiger partial charge in [-0.1, -0.05) is 29.4 Å². The Balaban J connectivity index is 1.99. The summed E-state index contributed by atoms with van der Waals surface area (Å²) in [4.78, 5) is 10.9. The van der Waals surface area contributed by atoms with Crippen molar-refractivity contribution in [2.24, 2.45) is 0 Å². The number of hydrogen-bond acceptors (Lipinski definition) is 3. The number of nitrogens with one attached hydrogen (secondary N) is 1. The van der Waals surface area contributed by atoms with Crippen LogP contribution in [0.4, 0.5) is 4.39 Å². The fraction of sp³-hybridized carbons (Fsp3) is 0.176. The molecule has 0 fully saturated rings. The normalized spacial score (nSPS) is 10.8. The molecule has 0 bridgehead atoms. The molecule has 1 amide bonds. The molecule has 4 nitrogen and oxygen atoms in total. The van der Waals surface area contributed by atoms with Gasteiger partial charge < -0.3 is 9.84 Å². The van der Waals surface area contributed by atoms with Gasteiger partial charge in [0.05, 0.1) is 5.39 Å². The predicted octanol–water partition coefficient (Wildman–Crippen LogP) is 3.31. The number of halogens is 1. The Morgan fingerprint density at radius 2 is 2.05 bits per heavy atom. The monoisotopic (exact) mass is 298 g/mol. The predicted molar refractivity (Wildman–Crippen MR) is 81.8 cm³/mol. The minimum atomic E-state index is -0.332. The molecule has 0 saturated heterocycles. The summed E-state index contributed by atoms with van der Waals surface area (Å²) in [6.45, 7) is 2.00. The number of aromatic nitrogens is 1. The number of amides is 1. The van der Waals surface area contributed by atoms with Crippen molar-refractivity contribution in [2.45, 2.75) is 13.3 Å². The molecular formula is C17H15FN2O2. The fourth-order valence-corrected chi connectivity index (χ4v) is 2.44. The van der Waals surface area contributed by atoms with Crippen LogP contribution in [0.15, 0.2) is 47.0 Å². The van der Waals surface area contributed by atoms with Crippen molar-refractivity contribution in [3.05, 3.63) is 53.8 Å². The second-order valence-corrected chi connectivity index (χ2v) is 5.04. The number of carbonyl (C=O) groups excluding carboxylic acids is 1. The van der Waals surface area contributed by atoms with Gasteiger partial charge in [0.15, 0.2) is 5.58 Å². The van der Waals surface area contributed by atoms with Crippen molar-refractivity contribution in [3.63, 3.8) is 0 Å². The van der Waals surface area contributed by atoms with E-state index >= 15 is 0 Å². The molecule has 5 heteroatoms. The summed E-state index contributed by atoms with van der Waals surface area (Å²) in [5.41, 5.74) is 2.47. The second kappa shape index (κ2) is 5.97. The summed E-state index contributed by atoms with van der Waals surface area (Å²) in [5.74, 6) is -0.405. The highest BCUT2D eigenvalue weighted by Gasteiger charge is 2.15. The summed E-state index contributed by atoms with van der Waals surface area (Å²) >= 11 is 0. The van der Waals surface area contributed by atoms with Gasteiger partial charge in [-0.2, -0.15) is 0 Å². The molecule has 22 heavy (non-hydrogen) atoms. The van der Waals surface area contributed by atoms with E-state index in [4.69, 9.17) is 4.52 Å². The van der Waals surface area contributed by atoms with E-state index in [9.17, 15) is 9.18 Å². The number of para-hydroxylation sites is 1. The van der Waals surface area contributed by atoms with Crippen LogP contribution in [0, 0.1) is 5.82 Å². The lowest BCUT2D eigenvalue weighted by atomic mass is 10.0.